The van der Waals surface area contributed by atoms with E-state index in [1.54, 1.807) is 0 Å². The summed E-state index contributed by atoms with van der Waals surface area (Å²) in [7, 11) is 0. The molecule has 0 aliphatic heterocycles. The molecule has 6 nitrogen and oxygen atoms in total. The first-order valence-corrected chi connectivity index (χ1v) is 26.6. The number of esters is 3. The van der Waals surface area contributed by atoms with E-state index < -0.39 is 6.10 Å². The average molecular weight is 891 g/mol. The molecule has 6 heteroatoms. The molecule has 0 fully saturated rings. The Hall–Kier alpha value is -3.41. The van der Waals surface area contributed by atoms with Crippen molar-refractivity contribution in [2.24, 2.45) is 0 Å². The van der Waals surface area contributed by atoms with E-state index in [4.69, 9.17) is 14.2 Å². The van der Waals surface area contributed by atoms with Crippen LogP contribution in [0, 0.1) is 0 Å². The van der Waals surface area contributed by atoms with Crippen LogP contribution in [0.4, 0.5) is 0 Å². The van der Waals surface area contributed by atoms with Gasteiger partial charge >= 0.3 is 17.9 Å². The summed E-state index contributed by atoms with van der Waals surface area (Å²) in [5, 5.41) is 0. The lowest BCUT2D eigenvalue weighted by Gasteiger charge is -2.18. The highest BCUT2D eigenvalue weighted by atomic mass is 16.6. The van der Waals surface area contributed by atoms with Crippen LogP contribution in [0.1, 0.15) is 245 Å². The maximum Gasteiger partial charge on any atom is 0.306 e. The van der Waals surface area contributed by atoms with Crippen LogP contribution in [-0.2, 0) is 28.6 Å². The summed E-state index contributed by atoms with van der Waals surface area (Å²) in [4.78, 5) is 38.0. The molecule has 0 heterocycles. The van der Waals surface area contributed by atoms with Crippen molar-refractivity contribution in [1.82, 2.24) is 0 Å². The van der Waals surface area contributed by atoms with Crippen LogP contribution < -0.4 is 0 Å². The molecule has 0 radical (unpaired) electrons. The second kappa shape index (κ2) is 52.2. The summed E-state index contributed by atoms with van der Waals surface area (Å²) in [6, 6.07) is 0. The molecule has 0 saturated carbocycles. The van der Waals surface area contributed by atoms with Gasteiger partial charge in [0.25, 0.3) is 0 Å². The van der Waals surface area contributed by atoms with Gasteiger partial charge in [0.05, 0.1) is 0 Å². The standard InChI is InChI=1S/C58H98O6/c1-4-7-10-13-16-19-22-25-28-31-33-36-39-42-45-48-51-57(60)63-54-55(64-58(61)52-49-46-43-40-37-34-30-27-24-21-18-15-12-9-6-3)53-62-56(59)50-47-44-41-38-35-32-29-26-23-20-17-14-11-8-5-2/h9,12,17-18,20-21,26-31,37,40,55H,4-8,10-11,13-16,19,22-25,32-36,38-39,41-54H2,1-3H3/b12-9-,20-17-,21-18-,29-26-,30-27-,31-28-,40-37-. The van der Waals surface area contributed by atoms with E-state index in [1.165, 1.54) is 89.9 Å². The molecule has 0 bridgehead atoms. The lowest BCUT2D eigenvalue weighted by Crippen LogP contribution is -2.30. The van der Waals surface area contributed by atoms with Crippen molar-refractivity contribution in [3.8, 4) is 0 Å². The minimum absolute atomic E-state index is 0.102. The number of rotatable bonds is 47. The summed E-state index contributed by atoms with van der Waals surface area (Å²) in [6.45, 7) is 6.44. The highest BCUT2D eigenvalue weighted by Gasteiger charge is 2.19. The molecular formula is C58H98O6. The van der Waals surface area contributed by atoms with Gasteiger partial charge in [-0.05, 0) is 116 Å². The second-order valence-corrected chi connectivity index (χ2v) is 17.4. The van der Waals surface area contributed by atoms with Gasteiger partial charge in [-0.3, -0.25) is 14.4 Å². The Labute approximate surface area is 395 Å². The zero-order chi connectivity index (χ0) is 46.5. The maximum atomic E-state index is 12.8. The third-order valence-corrected chi connectivity index (χ3v) is 11.1. The van der Waals surface area contributed by atoms with Gasteiger partial charge in [0.15, 0.2) is 6.10 Å². The smallest absolute Gasteiger partial charge is 0.306 e. The fourth-order valence-electron chi connectivity index (χ4n) is 7.10. The topological polar surface area (TPSA) is 78.9 Å². The molecule has 1 atom stereocenters. The molecule has 0 N–H and O–H groups in total. The van der Waals surface area contributed by atoms with Crippen molar-refractivity contribution >= 4 is 17.9 Å². The minimum atomic E-state index is -0.807. The van der Waals surface area contributed by atoms with E-state index in [0.29, 0.717) is 19.3 Å². The quantitative estimate of drug-likeness (QED) is 0.0262. The van der Waals surface area contributed by atoms with Gasteiger partial charge in [-0.25, -0.2) is 0 Å². The highest BCUT2D eigenvalue weighted by molar-refractivity contribution is 5.71. The Morgan fingerprint density at radius 2 is 0.609 bits per heavy atom. The predicted octanol–water partition coefficient (Wildman–Crippen LogP) is 17.6. The third-order valence-electron chi connectivity index (χ3n) is 11.1. The first-order valence-electron chi connectivity index (χ1n) is 26.6. The fourth-order valence-corrected chi connectivity index (χ4v) is 7.10. The van der Waals surface area contributed by atoms with E-state index >= 15 is 0 Å². The van der Waals surface area contributed by atoms with Crippen molar-refractivity contribution in [2.45, 2.75) is 252 Å². The van der Waals surface area contributed by atoms with Crippen LogP contribution in [0.2, 0.25) is 0 Å². The molecule has 0 aliphatic carbocycles. The number of hydrogen-bond donors (Lipinski definition) is 0. The summed E-state index contributed by atoms with van der Waals surface area (Å²) in [5.74, 6) is -0.966. The van der Waals surface area contributed by atoms with Gasteiger partial charge in [-0.15, -0.1) is 0 Å². The molecule has 0 amide bonds. The van der Waals surface area contributed by atoms with Gasteiger partial charge in [0, 0.05) is 19.3 Å². The van der Waals surface area contributed by atoms with Crippen molar-refractivity contribution in [2.75, 3.05) is 13.2 Å². The van der Waals surface area contributed by atoms with Gasteiger partial charge < -0.3 is 14.2 Å². The average Bonchev–Trinajstić information content (AvgIpc) is 3.29. The monoisotopic (exact) mass is 891 g/mol. The van der Waals surface area contributed by atoms with Crippen LogP contribution in [0.25, 0.3) is 0 Å². The predicted molar refractivity (Wildman–Crippen MR) is 274 cm³/mol. The molecule has 0 saturated heterocycles. The molecule has 1 unspecified atom stereocenters. The Balaban J connectivity index is 4.49. The summed E-state index contributed by atoms with van der Waals surface area (Å²) >= 11 is 0. The van der Waals surface area contributed by atoms with E-state index in [0.717, 1.165) is 109 Å². The Morgan fingerprint density at radius 3 is 1.03 bits per heavy atom. The molecule has 0 spiro atoms. The highest BCUT2D eigenvalue weighted by Crippen LogP contribution is 2.13. The minimum Gasteiger partial charge on any atom is -0.462 e. The lowest BCUT2D eigenvalue weighted by atomic mass is 10.1. The van der Waals surface area contributed by atoms with Crippen molar-refractivity contribution in [3.63, 3.8) is 0 Å². The first-order chi connectivity index (χ1) is 31.5. The largest absolute Gasteiger partial charge is 0.462 e. The van der Waals surface area contributed by atoms with Crippen LogP contribution in [0.3, 0.4) is 0 Å². The van der Waals surface area contributed by atoms with E-state index in [1.807, 2.05) is 0 Å². The first kappa shape index (κ1) is 60.6. The molecule has 0 aromatic heterocycles. The number of carbonyl (C=O) groups is 3. The number of ether oxygens (including phenoxy) is 3. The number of unbranched alkanes of at least 4 members (excludes halogenated alkanes) is 22. The lowest BCUT2D eigenvalue weighted by molar-refractivity contribution is -0.167. The maximum absolute atomic E-state index is 12.8. The molecule has 0 aliphatic rings. The molecule has 64 heavy (non-hydrogen) atoms. The van der Waals surface area contributed by atoms with E-state index in [-0.39, 0.29) is 37.5 Å². The fraction of sp³-hybridized carbons (Fsp3) is 0.707. The Morgan fingerprint density at radius 1 is 0.328 bits per heavy atom. The van der Waals surface area contributed by atoms with Crippen LogP contribution in [0.5, 0.6) is 0 Å². The second-order valence-electron chi connectivity index (χ2n) is 17.4. The van der Waals surface area contributed by atoms with Gasteiger partial charge in [-0.2, -0.15) is 0 Å². The Bertz CT molecular complexity index is 1250. The summed E-state index contributed by atoms with van der Waals surface area (Å²) in [6.07, 6.45) is 67.1. The van der Waals surface area contributed by atoms with E-state index in [9.17, 15) is 14.4 Å². The summed E-state index contributed by atoms with van der Waals surface area (Å²) in [5.41, 5.74) is 0. The van der Waals surface area contributed by atoms with Crippen molar-refractivity contribution in [3.05, 3.63) is 85.1 Å². The zero-order valence-electron chi connectivity index (χ0n) is 41.8. The van der Waals surface area contributed by atoms with Crippen LogP contribution in [0.15, 0.2) is 85.1 Å². The summed E-state index contributed by atoms with van der Waals surface area (Å²) < 4.78 is 16.8. The Kier molecular flexibility index (Phi) is 49.4. The molecule has 0 aromatic carbocycles. The van der Waals surface area contributed by atoms with E-state index in [2.05, 4.69) is 106 Å². The molecular weight excluding hydrogens is 793 g/mol. The SMILES string of the molecule is CC/C=C\C/C=C\C/C=C\C/C=C\CCCCC(=O)OC(COC(=O)CCCCCCC/C=C\C/C=C\CCCCC)COC(=O)CCCCCCC/C=C\CCCCCCCCC. The number of hydrogen-bond acceptors (Lipinski definition) is 6. The van der Waals surface area contributed by atoms with Gasteiger partial charge in [0.2, 0.25) is 0 Å². The third kappa shape index (κ3) is 49.6. The van der Waals surface area contributed by atoms with Crippen molar-refractivity contribution < 1.29 is 28.6 Å². The normalized spacial score (nSPS) is 12.7. The van der Waals surface area contributed by atoms with Gasteiger partial charge in [0.1, 0.15) is 13.2 Å². The van der Waals surface area contributed by atoms with Crippen LogP contribution in [-0.4, -0.2) is 37.2 Å². The van der Waals surface area contributed by atoms with Gasteiger partial charge in [-0.1, -0.05) is 196 Å². The molecule has 0 rings (SSSR count). The number of allylic oxidation sites excluding steroid dienone is 14. The number of carbonyl (C=O) groups excluding carboxylic acids is 3. The van der Waals surface area contributed by atoms with Crippen LogP contribution >= 0.6 is 0 Å². The van der Waals surface area contributed by atoms with Crippen molar-refractivity contribution in [1.29, 1.82) is 0 Å². The molecule has 0 aromatic rings. The molecule has 366 valence electrons. The zero-order valence-corrected chi connectivity index (χ0v) is 41.8.